The molecular formula is C37H53N7O3. The number of nitrogens with zero attached hydrogens (tertiary/aromatic N) is 5. The van der Waals surface area contributed by atoms with Crippen molar-refractivity contribution in [3.8, 4) is 0 Å². The van der Waals surface area contributed by atoms with Crippen LogP contribution in [0, 0.1) is 11.8 Å². The minimum Gasteiger partial charge on any atom is -0.481 e. The van der Waals surface area contributed by atoms with Gasteiger partial charge in [-0.3, -0.25) is 14.4 Å². The van der Waals surface area contributed by atoms with Gasteiger partial charge in [0.1, 0.15) is 11.6 Å². The molecule has 6 rings (SSSR count). The molecule has 1 aliphatic heterocycles. The molecule has 0 unspecified atom stereocenters. The van der Waals surface area contributed by atoms with Gasteiger partial charge >= 0.3 is 5.97 Å². The summed E-state index contributed by atoms with van der Waals surface area (Å²) in [7, 11) is 1.96. The van der Waals surface area contributed by atoms with Crippen molar-refractivity contribution < 1.29 is 15.0 Å². The van der Waals surface area contributed by atoms with Gasteiger partial charge in [-0.1, -0.05) is 43.7 Å². The molecule has 0 radical (unpaired) electrons. The highest BCUT2D eigenvalue weighted by atomic mass is 16.4. The molecule has 0 spiro atoms. The molecule has 3 aliphatic rings. The number of aliphatic hydroxyl groups is 1. The van der Waals surface area contributed by atoms with Crippen LogP contribution >= 0.6 is 0 Å². The smallest absolute Gasteiger partial charge is 0.306 e. The third kappa shape index (κ3) is 8.21. The van der Waals surface area contributed by atoms with E-state index in [-0.39, 0.29) is 24.6 Å². The van der Waals surface area contributed by atoms with Crippen LogP contribution in [0.15, 0.2) is 42.7 Å². The molecule has 2 aliphatic carbocycles. The monoisotopic (exact) mass is 643 g/mol. The summed E-state index contributed by atoms with van der Waals surface area (Å²) >= 11 is 0. The van der Waals surface area contributed by atoms with Crippen molar-refractivity contribution in [2.24, 2.45) is 18.9 Å². The van der Waals surface area contributed by atoms with Crippen LogP contribution in [0.2, 0.25) is 0 Å². The largest absolute Gasteiger partial charge is 0.481 e. The van der Waals surface area contributed by atoms with E-state index >= 15 is 0 Å². The second kappa shape index (κ2) is 15.7. The first kappa shape index (κ1) is 33.6. The summed E-state index contributed by atoms with van der Waals surface area (Å²) < 4.78 is 1.86. The van der Waals surface area contributed by atoms with E-state index < -0.39 is 5.97 Å². The summed E-state index contributed by atoms with van der Waals surface area (Å²) in [5.74, 6) is 1.74. The molecule has 4 N–H and O–H groups in total. The molecule has 0 bridgehead atoms. The topological polar surface area (TPSA) is 128 Å². The Labute approximate surface area is 279 Å². The number of hydrogen-bond acceptors (Lipinski definition) is 8. The minimum atomic E-state index is -0.654. The van der Waals surface area contributed by atoms with Crippen LogP contribution in [0.25, 0.3) is 0 Å². The first-order valence-electron chi connectivity index (χ1n) is 17.9. The molecule has 10 heteroatoms. The van der Waals surface area contributed by atoms with Gasteiger partial charge < -0.3 is 20.8 Å². The number of carboxylic acids is 1. The molecule has 47 heavy (non-hydrogen) atoms. The highest BCUT2D eigenvalue weighted by Crippen LogP contribution is 2.37. The van der Waals surface area contributed by atoms with Gasteiger partial charge in [-0.2, -0.15) is 5.10 Å². The summed E-state index contributed by atoms with van der Waals surface area (Å²) in [6, 6.07) is 11.2. The number of rotatable bonds is 13. The van der Waals surface area contributed by atoms with E-state index in [9.17, 15) is 15.0 Å². The number of piperidine rings is 1. The van der Waals surface area contributed by atoms with Crippen molar-refractivity contribution in [3.05, 3.63) is 70.9 Å². The lowest BCUT2D eigenvalue weighted by Crippen LogP contribution is -2.45. The van der Waals surface area contributed by atoms with Gasteiger partial charge in [-0.25, -0.2) is 9.97 Å². The average molecular weight is 644 g/mol. The lowest BCUT2D eigenvalue weighted by molar-refractivity contribution is -0.143. The van der Waals surface area contributed by atoms with Crippen LogP contribution in [0.5, 0.6) is 0 Å². The predicted octanol–water partition coefficient (Wildman–Crippen LogP) is 5.24. The van der Waals surface area contributed by atoms with Gasteiger partial charge in [0, 0.05) is 48.7 Å². The molecule has 254 valence electrons. The fourth-order valence-corrected chi connectivity index (χ4v) is 8.27. The fourth-order valence-electron chi connectivity index (χ4n) is 8.27. The van der Waals surface area contributed by atoms with Crippen molar-refractivity contribution in [2.75, 3.05) is 25.0 Å². The summed E-state index contributed by atoms with van der Waals surface area (Å²) in [4.78, 5) is 24.4. The molecule has 2 fully saturated rings. The van der Waals surface area contributed by atoms with Crippen LogP contribution in [0.3, 0.4) is 0 Å². The maximum Gasteiger partial charge on any atom is 0.306 e. The van der Waals surface area contributed by atoms with E-state index in [0.717, 1.165) is 107 Å². The molecule has 0 amide bonds. The number of carbonyl (C=O) groups is 1. The zero-order valence-corrected chi connectivity index (χ0v) is 28.2. The molecule has 4 atom stereocenters. The molecule has 10 nitrogen and oxygen atoms in total. The molecule has 3 aromatic rings. The standard InChI is InChI=1S/C37H53N7O3/c1-3-32(26-12-14-27(15-13-26)37(46)47)38-21-35-40-33-17-16-28(25-9-5-4-6-10-25)19-31(33)36(42-35)41-34(29-20-39-43(2)22-29)23-44-18-8-7-11-30(44)24-45/h4-6,9-10,20,22,26-28,30,32,34,38,45H,3,7-8,11-19,21,23-24H2,1-2H3,(H,46,47)(H,40,41,42)/t26?,27?,28-,30-,32-,34+/m1/s1. The van der Waals surface area contributed by atoms with Gasteiger partial charge in [0.15, 0.2) is 0 Å². The molecule has 1 aromatic carbocycles. The lowest BCUT2D eigenvalue weighted by atomic mass is 9.78. The van der Waals surface area contributed by atoms with Crippen molar-refractivity contribution in [1.29, 1.82) is 0 Å². The number of likely N-dealkylation sites (tertiary alicyclic amines) is 1. The molecular weight excluding hydrogens is 590 g/mol. The summed E-state index contributed by atoms with van der Waals surface area (Å²) in [6.07, 6.45) is 14.6. The Balaban J connectivity index is 1.27. The fraction of sp³-hybridized carbons (Fsp3) is 0.622. The Morgan fingerprint density at radius 3 is 2.57 bits per heavy atom. The first-order valence-corrected chi connectivity index (χ1v) is 17.9. The van der Waals surface area contributed by atoms with Crippen LogP contribution in [0.1, 0.15) is 105 Å². The quantitative estimate of drug-likeness (QED) is 0.198. The normalized spacial score (nSPS) is 24.7. The number of aryl methyl sites for hydroxylation is 2. The predicted molar refractivity (Wildman–Crippen MR) is 183 cm³/mol. The zero-order chi connectivity index (χ0) is 32.8. The maximum atomic E-state index is 11.5. The third-order valence-electron chi connectivity index (χ3n) is 11.1. The number of aliphatic hydroxyl groups excluding tert-OH is 1. The van der Waals surface area contributed by atoms with Crippen LogP contribution in [0.4, 0.5) is 5.82 Å². The highest BCUT2D eigenvalue weighted by molar-refractivity contribution is 5.70. The van der Waals surface area contributed by atoms with Gasteiger partial charge in [0.2, 0.25) is 0 Å². The maximum absolute atomic E-state index is 11.5. The van der Waals surface area contributed by atoms with Gasteiger partial charge in [0.25, 0.3) is 0 Å². The number of benzene rings is 1. The second-order valence-corrected chi connectivity index (χ2v) is 14.1. The van der Waals surface area contributed by atoms with Crippen molar-refractivity contribution in [1.82, 2.24) is 30.0 Å². The van der Waals surface area contributed by atoms with Gasteiger partial charge in [-0.15, -0.1) is 0 Å². The first-order chi connectivity index (χ1) is 22.9. The highest BCUT2D eigenvalue weighted by Gasteiger charge is 2.32. The number of carboxylic acid groups (broad SMARTS) is 1. The van der Waals surface area contributed by atoms with E-state index in [0.29, 0.717) is 24.4 Å². The van der Waals surface area contributed by atoms with Crippen LogP contribution < -0.4 is 10.6 Å². The third-order valence-corrected chi connectivity index (χ3v) is 11.1. The molecule has 3 heterocycles. The SMILES string of the molecule is CC[C@@H](NCc1nc2c(c(N[C@@H](CN3CCCC[C@@H]3CO)c3cnn(C)c3)n1)C[C@H](c1ccccc1)CC2)C1CCC(C(=O)O)CC1. The lowest BCUT2D eigenvalue weighted by Gasteiger charge is -2.37. The summed E-state index contributed by atoms with van der Waals surface area (Å²) in [5, 5.41) is 31.9. The number of anilines is 1. The number of aliphatic carboxylic acids is 1. The Kier molecular flexibility index (Phi) is 11.2. The van der Waals surface area contributed by atoms with E-state index in [1.807, 2.05) is 17.9 Å². The Morgan fingerprint density at radius 1 is 1.06 bits per heavy atom. The Bertz CT molecular complexity index is 1460. The van der Waals surface area contributed by atoms with E-state index in [2.05, 4.69) is 64.1 Å². The van der Waals surface area contributed by atoms with Crippen molar-refractivity contribution in [3.63, 3.8) is 0 Å². The van der Waals surface area contributed by atoms with Crippen LogP contribution in [-0.2, 0) is 31.2 Å². The number of aromatic nitrogens is 4. The van der Waals surface area contributed by atoms with E-state index in [1.54, 1.807) is 0 Å². The number of hydrogen-bond donors (Lipinski definition) is 4. The second-order valence-electron chi connectivity index (χ2n) is 14.1. The molecule has 2 aromatic heterocycles. The zero-order valence-electron chi connectivity index (χ0n) is 28.2. The van der Waals surface area contributed by atoms with Crippen molar-refractivity contribution >= 4 is 11.8 Å². The van der Waals surface area contributed by atoms with Crippen LogP contribution in [-0.4, -0.2) is 72.6 Å². The Morgan fingerprint density at radius 2 is 1.87 bits per heavy atom. The van der Waals surface area contributed by atoms with Gasteiger partial charge in [0.05, 0.1) is 31.3 Å². The molecule has 1 saturated heterocycles. The van der Waals surface area contributed by atoms with E-state index in [1.165, 1.54) is 11.1 Å². The Hall–Kier alpha value is -3.34. The van der Waals surface area contributed by atoms with E-state index in [4.69, 9.17) is 9.97 Å². The molecule has 1 saturated carbocycles. The average Bonchev–Trinajstić information content (AvgIpc) is 3.55. The van der Waals surface area contributed by atoms with Gasteiger partial charge in [-0.05, 0) is 88.2 Å². The summed E-state index contributed by atoms with van der Waals surface area (Å²) in [5.41, 5.74) is 4.82. The number of nitrogens with one attached hydrogen (secondary N) is 2. The number of fused-ring (bicyclic) bond motifs is 1. The summed E-state index contributed by atoms with van der Waals surface area (Å²) in [6.45, 7) is 4.71. The van der Waals surface area contributed by atoms with Crippen molar-refractivity contribution in [2.45, 2.75) is 108 Å². The minimum absolute atomic E-state index is 0.0411.